The summed E-state index contributed by atoms with van der Waals surface area (Å²) in [6.45, 7) is 2.18. The lowest BCUT2D eigenvalue weighted by atomic mass is 10.0. The van der Waals surface area contributed by atoms with Crippen LogP contribution in [0.5, 0.6) is 0 Å². The minimum Gasteiger partial charge on any atom is -0.337 e. The lowest BCUT2D eigenvalue weighted by molar-refractivity contribution is -0.140. The van der Waals surface area contributed by atoms with E-state index in [9.17, 15) is 13.6 Å². The summed E-state index contributed by atoms with van der Waals surface area (Å²) in [4.78, 5) is 16.5. The van der Waals surface area contributed by atoms with E-state index in [2.05, 4.69) is 5.10 Å². The van der Waals surface area contributed by atoms with Crippen molar-refractivity contribution in [2.45, 2.75) is 32.0 Å². The smallest absolute Gasteiger partial charge is 0.240 e. The van der Waals surface area contributed by atoms with Crippen LogP contribution in [-0.4, -0.2) is 51.7 Å². The monoisotopic (exact) mass is 348 g/mol. The fraction of sp³-hybridized carbons (Fsp3) is 0.444. The first-order valence-corrected chi connectivity index (χ1v) is 8.45. The molecule has 2 heterocycles. The van der Waals surface area contributed by atoms with Crippen LogP contribution in [0.15, 0.2) is 36.7 Å². The molecule has 1 unspecified atom stereocenters. The van der Waals surface area contributed by atoms with Gasteiger partial charge in [0.15, 0.2) is 0 Å². The van der Waals surface area contributed by atoms with Gasteiger partial charge in [0.25, 0.3) is 0 Å². The molecular formula is C18H22F2N4O. The Morgan fingerprint density at radius 2 is 2.20 bits per heavy atom. The van der Waals surface area contributed by atoms with E-state index >= 15 is 0 Å². The Morgan fingerprint density at radius 3 is 2.92 bits per heavy atom. The van der Waals surface area contributed by atoms with Gasteiger partial charge >= 0.3 is 0 Å². The minimum atomic E-state index is -0.609. The quantitative estimate of drug-likeness (QED) is 0.804. The van der Waals surface area contributed by atoms with Crippen molar-refractivity contribution in [3.05, 3.63) is 53.9 Å². The van der Waals surface area contributed by atoms with E-state index in [-0.39, 0.29) is 18.5 Å². The molecule has 134 valence electrons. The van der Waals surface area contributed by atoms with Crippen LogP contribution in [0.25, 0.3) is 0 Å². The van der Waals surface area contributed by atoms with Crippen LogP contribution >= 0.6 is 0 Å². The Kier molecular flexibility index (Phi) is 5.43. The van der Waals surface area contributed by atoms with Crippen molar-refractivity contribution in [1.82, 2.24) is 19.6 Å². The van der Waals surface area contributed by atoms with Crippen molar-refractivity contribution in [2.24, 2.45) is 0 Å². The van der Waals surface area contributed by atoms with Crippen LogP contribution in [0, 0.1) is 11.6 Å². The van der Waals surface area contributed by atoms with Crippen molar-refractivity contribution in [3.8, 4) is 0 Å². The Hall–Kier alpha value is -2.28. The van der Waals surface area contributed by atoms with E-state index in [1.807, 2.05) is 28.9 Å². The van der Waals surface area contributed by atoms with Crippen molar-refractivity contribution in [2.75, 3.05) is 20.1 Å². The molecule has 1 aromatic carbocycles. The fourth-order valence-electron chi connectivity index (χ4n) is 3.19. The molecule has 3 rings (SSSR count). The average Bonchev–Trinajstić information content (AvgIpc) is 3.10. The summed E-state index contributed by atoms with van der Waals surface area (Å²) in [6, 6.07) is 5.14. The molecule has 1 saturated heterocycles. The minimum absolute atomic E-state index is 0.00191. The van der Waals surface area contributed by atoms with Crippen molar-refractivity contribution < 1.29 is 13.6 Å². The second-order valence-electron chi connectivity index (χ2n) is 6.40. The van der Waals surface area contributed by atoms with Gasteiger partial charge in [-0.15, -0.1) is 0 Å². The maximum Gasteiger partial charge on any atom is 0.240 e. The van der Waals surface area contributed by atoms with Gasteiger partial charge in [-0.05, 0) is 32.0 Å². The first kappa shape index (κ1) is 17.5. The molecule has 0 saturated carbocycles. The summed E-state index contributed by atoms with van der Waals surface area (Å²) in [5.41, 5.74) is 0.342. The zero-order valence-electron chi connectivity index (χ0n) is 14.2. The largest absolute Gasteiger partial charge is 0.337 e. The van der Waals surface area contributed by atoms with Crippen LogP contribution in [0.2, 0.25) is 0 Å². The SMILES string of the molecule is CN(CCn1cccn1)C1CCCN(Cc2ccc(F)cc2F)C1=O. The van der Waals surface area contributed by atoms with E-state index in [0.29, 0.717) is 25.2 Å². The number of carbonyl (C=O) groups excluding carboxylic acids is 1. The van der Waals surface area contributed by atoms with Crippen molar-refractivity contribution in [1.29, 1.82) is 0 Å². The van der Waals surface area contributed by atoms with Crippen molar-refractivity contribution >= 4 is 5.91 Å². The third-order valence-corrected chi connectivity index (χ3v) is 4.65. The maximum absolute atomic E-state index is 13.9. The molecule has 1 aromatic heterocycles. The molecule has 1 fully saturated rings. The third kappa shape index (κ3) is 4.22. The number of carbonyl (C=O) groups is 1. The van der Waals surface area contributed by atoms with Crippen molar-refractivity contribution in [3.63, 3.8) is 0 Å². The Morgan fingerprint density at radius 1 is 1.36 bits per heavy atom. The van der Waals surface area contributed by atoms with Crippen LogP contribution in [0.1, 0.15) is 18.4 Å². The van der Waals surface area contributed by atoms with E-state index in [1.54, 1.807) is 11.1 Å². The average molecular weight is 348 g/mol. The number of likely N-dealkylation sites (tertiary alicyclic amines) is 1. The fourth-order valence-corrected chi connectivity index (χ4v) is 3.19. The van der Waals surface area contributed by atoms with Gasteiger partial charge in [0.1, 0.15) is 11.6 Å². The maximum atomic E-state index is 13.9. The number of hydrogen-bond acceptors (Lipinski definition) is 3. The molecule has 1 amide bonds. The highest BCUT2D eigenvalue weighted by Gasteiger charge is 2.31. The van der Waals surface area contributed by atoms with E-state index < -0.39 is 11.6 Å². The van der Waals surface area contributed by atoms with Crippen LogP contribution in [0.4, 0.5) is 8.78 Å². The Bertz CT molecular complexity index is 720. The molecule has 7 heteroatoms. The van der Waals surface area contributed by atoms with Crippen LogP contribution < -0.4 is 0 Å². The summed E-state index contributed by atoms with van der Waals surface area (Å²) >= 11 is 0. The highest BCUT2D eigenvalue weighted by molar-refractivity contribution is 5.82. The van der Waals surface area contributed by atoms with Gasteiger partial charge in [0.2, 0.25) is 5.91 Å². The number of benzene rings is 1. The number of rotatable bonds is 6. The van der Waals surface area contributed by atoms with E-state index in [1.165, 1.54) is 12.1 Å². The van der Waals surface area contributed by atoms with Crippen LogP contribution in [-0.2, 0) is 17.9 Å². The number of nitrogens with zero attached hydrogens (tertiary/aromatic N) is 4. The zero-order chi connectivity index (χ0) is 17.8. The standard InChI is InChI=1S/C18H22F2N4O/c1-22(10-11-24-9-3-7-21-24)17-4-2-8-23(18(17)25)13-14-5-6-15(19)12-16(14)20/h3,5-7,9,12,17H,2,4,8,10-11,13H2,1H3. The van der Waals surface area contributed by atoms with Gasteiger partial charge in [-0.25, -0.2) is 8.78 Å². The molecule has 0 N–H and O–H groups in total. The second-order valence-corrected chi connectivity index (χ2v) is 6.40. The molecule has 0 radical (unpaired) electrons. The van der Waals surface area contributed by atoms with Crippen LogP contribution in [0.3, 0.4) is 0 Å². The first-order valence-electron chi connectivity index (χ1n) is 8.45. The molecule has 0 aliphatic carbocycles. The van der Waals surface area contributed by atoms with E-state index in [4.69, 9.17) is 0 Å². The Labute approximate surface area is 145 Å². The molecule has 0 spiro atoms. The number of likely N-dealkylation sites (N-methyl/N-ethyl adjacent to an activating group) is 1. The predicted molar refractivity (Wildman–Crippen MR) is 89.7 cm³/mol. The van der Waals surface area contributed by atoms with Gasteiger partial charge in [0.05, 0.1) is 12.6 Å². The second kappa shape index (κ2) is 7.74. The lowest BCUT2D eigenvalue weighted by Gasteiger charge is -2.37. The molecule has 25 heavy (non-hydrogen) atoms. The summed E-state index contributed by atoms with van der Waals surface area (Å²) in [7, 11) is 1.92. The molecule has 2 aromatic rings. The molecular weight excluding hydrogens is 326 g/mol. The highest BCUT2D eigenvalue weighted by atomic mass is 19.1. The van der Waals surface area contributed by atoms with Gasteiger partial charge in [-0.1, -0.05) is 6.07 Å². The summed E-state index contributed by atoms with van der Waals surface area (Å²) in [6.07, 6.45) is 5.27. The van der Waals surface area contributed by atoms with Gasteiger partial charge in [-0.2, -0.15) is 5.10 Å². The predicted octanol–water partition coefficient (Wildman–Crippen LogP) is 2.28. The number of halogens is 2. The molecule has 1 aliphatic rings. The van der Waals surface area contributed by atoms with Gasteiger partial charge < -0.3 is 4.90 Å². The molecule has 0 bridgehead atoms. The lowest BCUT2D eigenvalue weighted by Crippen LogP contribution is -2.51. The molecule has 5 nitrogen and oxygen atoms in total. The van der Waals surface area contributed by atoms with Gasteiger partial charge in [0, 0.05) is 43.7 Å². The molecule has 1 aliphatic heterocycles. The number of aromatic nitrogens is 2. The first-order chi connectivity index (χ1) is 12.0. The summed E-state index contributed by atoms with van der Waals surface area (Å²) < 4.78 is 28.7. The summed E-state index contributed by atoms with van der Waals surface area (Å²) in [5.74, 6) is -1.22. The highest BCUT2D eigenvalue weighted by Crippen LogP contribution is 2.20. The number of amides is 1. The number of piperidine rings is 1. The zero-order valence-corrected chi connectivity index (χ0v) is 14.2. The normalized spacial score (nSPS) is 18.2. The molecule has 1 atom stereocenters. The van der Waals surface area contributed by atoms with E-state index in [0.717, 1.165) is 18.9 Å². The Balaban J connectivity index is 1.61. The topological polar surface area (TPSA) is 41.4 Å². The number of hydrogen-bond donors (Lipinski definition) is 0. The third-order valence-electron chi connectivity index (χ3n) is 4.65. The summed E-state index contributed by atoms with van der Waals surface area (Å²) in [5, 5.41) is 4.16. The van der Waals surface area contributed by atoms with Gasteiger partial charge in [-0.3, -0.25) is 14.4 Å².